The molecule has 160 valence electrons. The third kappa shape index (κ3) is 4.74. The maximum absolute atomic E-state index is 13.1. The van der Waals surface area contributed by atoms with Crippen LogP contribution >= 0.6 is 0 Å². The number of likely N-dealkylation sites (tertiary alicyclic amines) is 2. The first-order valence-corrected chi connectivity index (χ1v) is 12.2. The van der Waals surface area contributed by atoms with Gasteiger partial charge in [0.1, 0.15) is 0 Å². The number of nitrogens with zero attached hydrogens (tertiary/aromatic N) is 2. The van der Waals surface area contributed by atoms with Gasteiger partial charge in [-0.05, 0) is 74.5 Å². The zero-order chi connectivity index (χ0) is 21.1. The van der Waals surface area contributed by atoms with Crippen molar-refractivity contribution in [1.82, 2.24) is 9.80 Å². The van der Waals surface area contributed by atoms with E-state index >= 15 is 0 Å². The lowest BCUT2D eigenvalue weighted by molar-refractivity contribution is 0.0708. The van der Waals surface area contributed by atoms with E-state index in [1.54, 1.807) is 18.2 Å². The van der Waals surface area contributed by atoms with Crippen molar-refractivity contribution in [3.63, 3.8) is 0 Å². The molecule has 0 spiro atoms. The standard InChI is InChI=1S/C23H29N3O3S/c24-30(28,29)22-8-2-1-6-20(22)16-18-9-11-19(12-10-18)23(27)26-15-5-7-21(26)17-25-13-3-4-14-25/h1-2,6,8-12,21H,3-5,7,13-17H2,(H2,24,28,29)/t21-/m0/s1. The summed E-state index contributed by atoms with van der Waals surface area (Å²) >= 11 is 0. The first-order valence-electron chi connectivity index (χ1n) is 10.6. The Morgan fingerprint density at radius 1 is 0.967 bits per heavy atom. The summed E-state index contributed by atoms with van der Waals surface area (Å²) in [5, 5.41) is 5.33. The van der Waals surface area contributed by atoms with Crippen LogP contribution in [0.3, 0.4) is 0 Å². The van der Waals surface area contributed by atoms with Crippen LogP contribution in [0.2, 0.25) is 0 Å². The molecule has 0 bridgehead atoms. The molecule has 1 amide bonds. The molecule has 2 aliphatic rings. The van der Waals surface area contributed by atoms with Crippen LogP contribution in [0.4, 0.5) is 0 Å². The molecule has 0 aromatic heterocycles. The van der Waals surface area contributed by atoms with Gasteiger partial charge in [-0.1, -0.05) is 30.3 Å². The van der Waals surface area contributed by atoms with E-state index in [0.29, 0.717) is 23.6 Å². The number of hydrogen-bond donors (Lipinski definition) is 1. The van der Waals surface area contributed by atoms with Crippen LogP contribution in [0.15, 0.2) is 53.4 Å². The Morgan fingerprint density at radius 2 is 1.67 bits per heavy atom. The van der Waals surface area contributed by atoms with Gasteiger partial charge in [0.15, 0.2) is 0 Å². The summed E-state index contributed by atoms with van der Waals surface area (Å²) in [6.07, 6.45) is 5.10. The van der Waals surface area contributed by atoms with Crippen LogP contribution in [0, 0.1) is 0 Å². The van der Waals surface area contributed by atoms with E-state index in [1.165, 1.54) is 18.9 Å². The van der Waals surface area contributed by atoms with Crippen molar-refractivity contribution in [2.24, 2.45) is 5.14 Å². The minimum atomic E-state index is -3.77. The molecule has 2 N–H and O–H groups in total. The maximum atomic E-state index is 13.1. The minimum absolute atomic E-state index is 0.0909. The van der Waals surface area contributed by atoms with Crippen LogP contribution in [0.1, 0.15) is 47.2 Å². The highest BCUT2D eigenvalue weighted by Gasteiger charge is 2.31. The second kappa shape index (κ2) is 8.88. The first kappa shape index (κ1) is 21.0. The average Bonchev–Trinajstić information content (AvgIpc) is 3.40. The SMILES string of the molecule is NS(=O)(=O)c1ccccc1Cc1ccc(C(=O)N2CCC[C@H]2CN2CCCC2)cc1. The number of hydrogen-bond acceptors (Lipinski definition) is 4. The fourth-order valence-electron chi connectivity index (χ4n) is 4.63. The van der Waals surface area contributed by atoms with Crippen LogP contribution in [-0.4, -0.2) is 56.3 Å². The third-order valence-corrected chi connectivity index (χ3v) is 7.19. The van der Waals surface area contributed by atoms with Crippen LogP contribution in [0.5, 0.6) is 0 Å². The molecule has 0 saturated carbocycles. The van der Waals surface area contributed by atoms with E-state index in [1.807, 2.05) is 29.2 Å². The van der Waals surface area contributed by atoms with Crippen molar-refractivity contribution in [1.29, 1.82) is 0 Å². The van der Waals surface area contributed by atoms with Crippen molar-refractivity contribution >= 4 is 15.9 Å². The molecule has 0 radical (unpaired) electrons. The fraction of sp³-hybridized carbons (Fsp3) is 0.435. The van der Waals surface area contributed by atoms with E-state index in [-0.39, 0.29) is 10.8 Å². The Kier molecular flexibility index (Phi) is 6.22. The number of primary sulfonamides is 1. The Labute approximate surface area is 178 Å². The highest BCUT2D eigenvalue weighted by Crippen LogP contribution is 2.23. The number of amides is 1. The molecule has 2 saturated heterocycles. The Balaban J connectivity index is 1.45. The molecule has 2 aromatic carbocycles. The summed E-state index contributed by atoms with van der Waals surface area (Å²) in [7, 11) is -3.77. The van der Waals surface area contributed by atoms with Gasteiger partial charge in [0.2, 0.25) is 10.0 Å². The quantitative estimate of drug-likeness (QED) is 0.768. The van der Waals surface area contributed by atoms with Crippen molar-refractivity contribution in [3.05, 3.63) is 65.2 Å². The number of carbonyl (C=O) groups excluding carboxylic acids is 1. The second-order valence-electron chi connectivity index (χ2n) is 8.33. The predicted octanol–water partition coefficient (Wildman–Crippen LogP) is 2.63. The van der Waals surface area contributed by atoms with E-state index in [2.05, 4.69) is 4.90 Å². The molecule has 1 atom stereocenters. The smallest absolute Gasteiger partial charge is 0.254 e. The molecule has 2 heterocycles. The van der Waals surface area contributed by atoms with Crippen LogP contribution in [0.25, 0.3) is 0 Å². The highest BCUT2D eigenvalue weighted by atomic mass is 32.2. The number of rotatable bonds is 6. The van der Waals surface area contributed by atoms with Gasteiger partial charge in [-0.15, -0.1) is 0 Å². The number of carbonyl (C=O) groups is 1. The molecule has 0 unspecified atom stereocenters. The number of sulfonamides is 1. The second-order valence-corrected chi connectivity index (χ2v) is 9.86. The van der Waals surface area contributed by atoms with Gasteiger partial charge in [0, 0.05) is 24.7 Å². The highest BCUT2D eigenvalue weighted by molar-refractivity contribution is 7.89. The number of benzene rings is 2. The summed E-state index contributed by atoms with van der Waals surface area (Å²) in [5.41, 5.74) is 2.29. The molecular weight excluding hydrogens is 398 g/mol. The summed E-state index contributed by atoms with van der Waals surface area (Å²) in [6.45, 7) is 4.09. The first-order chi connectivity index (χ1) is 14.4. The minimum Gasteiger partial charge on any atom is -0.334 e. The monoisotopic (exact) mass is 427 g/mol. The maximum Gasteiger partial charge on any atom is 0.254 e. The van der Waals surface area contributed by atoms with Gasteiger partial charge >= 0.3 is 0 Å². The van der Waals surface area contributed by atoms with E-state index in [0.717, 1.165) is 44.6 Å². The molecular formula is C23H29N3O3S. The van der Waals surface area contributed by atoms with Gasteiger partial charge in [-0.25, -0.2) is 13.6 Å². The van der Waals surface area contributed by atoms with E-state index < -0.39 is 10.0 Å². The molecule has 7 heteroatoms. The van der Waals surface area contributed by atoms with Crippen LogP contribution in [-0.2, 0) is 16.4 Å². The van der Waals surface area contributed by atoms with Gasteiger partial charge in [0.05, 0.1) is 4.90 Å². The molecule has 6 nitrogen and oxygen atoms in total. The van der Waals surface area contributed by atoms with Crippen molar-refractivity contribution in [2.45, 2.75) is 43.0 Å². The lowest BCUT2D eigenvalue weighted by Crippen LogP contribution is -2.42. The topological polar surface area (TPSA) is 83.7 Å². The van der Waals surface area contributed by atoms with Gasteiger partial charge in [-0.3, -0.25) is 4.79 Å². The third-order valence-electron chi connectivity index (χ3n) is 6.18. The Hall–Kier alpha value is -2.22. The number of nitrogens with two attached hydrogens (primary N) is 1. The van der Waals surface area contributed by atoms with E-state index in [4.69, 9.17) is 5.14 Å². The normalized spacial score (nSPS) is 20.0. The molecule has 2 fully saturated rings. The molecule has 2 aliphatic heterocycles. The summed E-state index contributed by atoms with van der Waals surface area (Å²) in [5.74, 6) is 0.0909. The van der Waals surface area contributed by atoms with Gasteiger partial charge < -0.3 is 9.80 Å². The zero-order valence-corrected chi connectivity index (χ0v) is 18.0. The van der Waals surface area contributed by atoms with Gasteiger partial charge in [-0.2, -0.15) is 0 Å². The van der Waals surface area contributed by atoms with E-state index in [9.17, 15) is 13.2 Å². The summed E-state index contributed by atoms with van der Waals surface area (Å²) < 4.78 is 23.6. The van der Waals surface area contributed by atoms with Crippen molar-refractivity contribution in [2.75, 3.05) is 26.2 Å². The average molecular weight is 428 g/mol. The Bertz CT molecular complexity index is 999. The Morgan fingerprint density at radius 3 is 2.37 bits per heavy atom. The molecule has 4 rings (SSSR count). The largest absolute Gasteiger partial charge is 0.334 e. The predicted molar refractivity (Wildman–Crippen MR) is 117 cm³/mol. The lowest BCUT2D eigenvalue weighted by atomic mass is 10.0. The summed E-state index contributed by atoms with van der Waals surface area (Å²) in [6, 6.07) is 14.6. The van der Waals surface area contributed by atoms with Crippen molar-refractivity contribution in [3.8, 4) is 0 Å². The molecule has 2 aromatic rings. The lowest BCUT2D eigenvalue weighted by Gasteiger charge is -2.28. The van der Waals surface area contributed by atoms with Crippen molar-refractivity contribution < 1.29 is 13.2 Å². The molecule has 30 heavy (non-hydrogen) atoms. The van der Waals surface area contributed by atoms with Gasteiger partial charge in [0.25, 0.3) is 5.91 Å². The van der Waals surface area contributed by atoms with Crippen LogP contribution < -0.4 is 5.14 Å². The zero-order valence-electron chi connectivity index (χ0n) is 17.2. The molecule has 0 aliphatic carbocycles. The fourth-order valence-corrected chi connectivity index (χ4v) is 5.41. The summed E-state index contributed by atoms with van der Waals surface area (Å²) in [4.78, 5) is 17.7.